The molecule has 5 atom stereocenters. The van der Waals surface area contributed by atoms with Gasteiger partial charge in [-0.15, -0.1) is 0 Å². The van der Waals surface area contributed by atoms with Gasteiger partial charge in [0, 0.05) is 5.41 Å². The fourth-order valence-corrected chi connectivity index (χ4v) is 7.94. The lowest BCUT2D eigenvalue weighted by Crippen LogP contribution is -2.53. The predicted octanol–water partition coefficient (Wildman–Crippen LogP) is 1.75. The molecule has 132 valence electrons. The van der Waals surface area contributed by atoms with E-state index in [4.69, 9.17) is 0 Å². The van der Waals surface area contributed by atoms with Gasteiger partial charge in [0.25, 0.3) is 5.91 Å². The van der Waals surface area contributed by atoms with Gasteiger partial charge in [-0.1, -0.05) is 34.1 Å². The molecule has 1 spiro atoms. The molecular weight excluding hydrogens is 316 g/mol. The van der Waals surface area contributed by atoms with Gasteiger partial charge >= 0.3 is 0 Å². The van der Waals surface area contributed by atoms with E-state index in [1.54, 1.807) is 0 Å². The molecule has 0 radical (unpaired) electrons. The molecule has 1 heterocycles. The molecule has 23 heavy (non-hydrogen) atoms. The summed E-state index contributed by atoms with van der Waals surface area (Å²) >= 11 is 0. The van der Waals surface area contributed by atoms with Gasteiger partial charge in [0.05, 0.1) is 11.8 Å². The highest BCUT2D eigenvalue weighted by Gasteiger charge is 2.72. The Hall–Kier alpha value is -0.660. The second-order valence-electron chi connectivity index (χ2n) is 8.25. The Kier molecular flexibility index (Phi) is 3.86. The summed E-state index contributed by atoms with van der Waals surface area (Å²) in [6.07, 6.45) is 3.37. The minimum atomic E-state index is -3.62. The first-order chi connectivity index (χ1) is 10.6. The molecule has 0 unspecified atom stereocenters. The van der Waals surface area contributed by atoms with Crippen molar-refractivity contribution in [2.24, 2.45) is 22.7 Å². The molecule has 0 aromatic rings. The van der Waals surface area contributed by atoms with Gasteiger partial charge in [-0.05, 0) is 36.5 Å². The van der Waals surface area contributed by atoms with Crippen molar-refractivity contribution in [3.63, 3.8) is 0 Å². The van der Waals surface area contributed by atoms with Crippen molar-refractivity contribution in [1.29, 1.82) is 0 Å². The van der Waals surface area contributed by atoms with E-state index in [1.165, 1.54) is 0 Å². The Labute approximate surface area is 138 Å². The Morgan fingerprint density at radius 1 is 1.43 bits per heavy atom. The largest absolute Gasteiger partial charge is 0.316 e. The maximum atomic E-state index is 12.9. The fraction of sp³-hybridized carbons (Fsp3) is 0.938. The normalized spacial score (nSPS) is 39.3. The van der Waals surface area contributed by atoms with E-state index >= 15 is 0 Å². The molecule has 3 rings (SSSR count). The lowest BCUT2D eigenvalue weighted by atomic mass is 9.69. The van der Waals surface area contributed by atoms with E-state index in [-0.39, 0.29) is 28.5 Å². The number of hydrogen-bond acceptors (Lipinski definition) is 5. The van der Waals surface area contributed by atoms with Gasteiger partial charge in [-0.3, -0.25) is 4.79 Å². The van der Waals surface area contributed by atoms with Gasteiger partial charge in [0.15, 0.2) is 0 Å². The lowest BCUT2D eigenvalue weighted by molar-refractivity contribution is -0.135. The van der Waals surface area contributed by atoms with Crippen LogP contribution in [-0.2, 0) is 14.8 Å². The number of carbonyl (C=O) groups excluding carboxylic acids is 1. The Morgan fingerprint density at radius 3 is 2.61 bits per heavy atom. The second kappa shape index (κ2) is 5.17. The molecule has 6 nitrogen and oxygen atoms in total. The number of carbonyl (C=O) groups is 1. The smallest absolute Gasteiger partial charge is 0.256 e. The molecule has 2 aliphatic carbocycles. The van der Waals surface area contributed by atoms with E-state index in [1.807, 2.05) is 13.8 Å². The minimum absolute atomic E-state index is 0.0573. The molecule has 3 fully saturated rings. The van der Waals surface area contributed by atoms with Crippen LogP contribution in [0.3, 0.4) is 0 Å². The van der Waals surface area contributed by atoms with Crippen molar-refractivity contribution < 1.29 is 18.4 Å². The zero-order chi connectivity index (χ0) is 17.2. The summed E-state index contributed by atoms with van der Waals surface area (Å²) < 4.78 is 26.8. The van der Waals surface area contributed by atoms with Gasteiger partial charge < -0.3 is 5.21 Å². The maximum absolute atomic E-state index is 12.9. The third-order valence-corrected chi connectivity index (χ3v) is 9.16. The highest BCUT2D eigenvalue weighted by atomic mass is 32.2. The number of sulfonamides is 1. The summed E-state index contributed by atoms with van der Waals surface area (Å²) in [6.45, 7) is 8.08. The zero-order valence-corrected chi connectivity index (χ0v) is 15.2. The van der Waals surface area contributed by atoms with E-state index < -0.39 is 22.0 Å². The van der Waals surface area contributed by atoms with Crippen molar-refractivity contribution in [1.82, 2.24) is 9.79 Å². The van der Waals surface area contributed by atoms with Crippen molar-refractivity contribution in [3.8, 4) is 0 Å². The van der Waals surface area contributed by atoms with Crippen LogP contribution in [0.25, 0.3) is 0 Å². The first-order valence-corrected chi connectivity index (χ1v) is 10.2. The molecule has 2 N–H and O–H groups in total. The maximum Gasteiger partial charge on any atom is 0.256 e. The summed E-state index contributed by atoms with van der Waals surface area (Å²) in [7, 11) is -3.62. The van der Waals surface area contributed by atoms with Crippen LogP contribution in [0.2, 0.25) is 0 Å². The van der Waals surface area contributed by atoms with Gasteiger partial charge in [0.2, 0.25) is 10.0 Å². The third-order valence-electron chi connectivity index (χ3n) is 7.25. The minimum Gasteiger partial charge on any atom is -0.316 e. The number of amides is 1. The first-order valence-electron chi connectivity index (χ1n) is 8.58. The van der Waals surface area contributed by atoms with Crippen LogP contribution in [0.1, 0.15) is 53.4 Å². The number of nitrogens with one attached hydrogen (secondary N) is 1. The van der Waals surface area contributed by atoms with Crippen LogP contribution >= 0.6 is 0 Å². The summed E-state index contributed by atoms with van der Waals surface area (Å²) in [5, 5.41) is 9.41. The summed E-state index contributed by atoms with van der Waals surface area (Å²) in [5.74, 6) is -0.0844. The Bertz CT molecular complexity index is 618. The highest BCUT2D eigenvalue weighted by molar-refractivity contribution is 7.90. The Morgan fingerprint density at radius 2 is 2.09 bits per heavy atom. The quantitative estimate of drug-likeness (QED) is 0.759. The molecule has 1 amide bonds. The molecule has 7 heteroatoms. The van der Waals surface area contributed by atoms with Crippen LogP contribution < -0.4 is 5.48 Å². The SMILES string of the molecule is CC[C@@H](C)[C@H](NO)C(=O)N1[C@H]2C[C@@H]3CC[C@@]2(CS1(=O)=O)C3(C)C. The summed E-state index contributed by atoms with van der Waals surface area (Å²) in [5.41, 5.74) is 1.68. The fourth-order valence-electron chi connectivity index (χ4n) is 5.38. The molecule has 3 aliphatic rings. The summed E-state index contributed by atoms with van der Waals surface area (Å²) in [4.78, 5) is 12.9. The standard InChI is InChI=1S/C16H28N2O4S/c1-5-10(2)13(17-20)14(19)18-12-8-11-6-7-16(12,15(11,3)4)9-23(18,21)22/h10-13,17,20H,5-9H2,1-4H3/t10-,11+,12+,13+,16+/m1/s1. The van der Waals surface area contributed by atoms with E-state index in [2.05, 4.69) is 19.3 Å². The van der Waals surface area contributed by atoms with E-state index in [0.29, 0.717) is 12.3 Å². The highest BCUT2D eigenvalue weighted by Crippen LogP contribution is 2.70. The first kappa shape index (κ1) is 17.2. The van der Waals surface area contributed by atoms with Crippen LogP contribution in [0.4, 0.5) is 0 Å². The molecule has 2 bridgehead atoms. The number of nitrogens with zero attached hydrogens (tertiary/aromatic N) is 1. The lowest BCUT2D eigenvalue weighted by Gasteiger charge is -2.37. The van der Waals surface area contributed by atoms with Crippen molar-refractivity contribution in [2.45, 2.75) is 65.5 Å². The number of fused-ring (bicyclic) bond motifs is 1. The zero-order valence-electron chi connectivity index (χ0n) is 14.4. The van der Waals surface area contributed by atoms with Crippen molar-refractivity contribution in [2.75, 3.05) is 5.75 Å². The van der Waals surface area contributed by atoms with E-state index in [0.717, 1.165) is 23.6 Å². The Balaban J connectivity index is 1.99. The van der Waals surface area contributed by atoms with E-state index in [9.17, 15) is 18.4 Å². The predicted molar refractivity (Wildman–Crippen MR) is 86.1 cm³/mol. The number of hydrogen-bond donors (Lipinski definition) is 2. The van der Waals surface area contributed by atoms with Gasteiger partial charge in [-0.2, -0.15) is 5.48 Å². The van der Waals surface area contributed by atoms with Crippen LogP contribution in [0.5, 0.6) is 0 Å². The van der Waals surface area contributed by atoms with Crippen LogP contribution in [0.15, 0.2) is 0 Å². The van der Waals surface area contributed by atoms with Gasteiger partial charge in [0.1, 0.15) is 6.04 Å². The van der Waals surface area contributed by atoms with Crippen LogP contribution in [0, 0.1) is 22.7 Å². The summed E-state index contributed by atoms with van der Waals surface area (Å²) in [6, 6.07) is -1.11. The average molecular weight is 344 g/mol. The number of hydroxylamine groups is 1. The topological polar surface area (TPSA) is 86.7 Å². The molecule has 1 aliphatic heterocycles. The second-order valence-corrected chi connectivity index (χ2v) is 10.1. The average Bonchev–Trinajstić information content (AvgIpc) is 2.94. The molecule has 0 aromatic carbocycles. The third kappa shape index (κ3) is 2.05. The molecular formula is C16H28N2O4S. The van der Waals surface area contributed by atoms with Gasteiger partial charge in [-0.25, -0.2) is 12.7 Å². The van der Waals surface area contributed by atoms with Crippen molar-refractivity contribution >= 4 is 15.9 Å². The number of rotatable bonds is 4. The van der Waals surface area contributed by atoms with Crippen LogP contribution in [-0.4, -0.2) is 41.7 Å². The van der Waals surface area contributed by atoms with Crippen molar-refractivity contribution in [3.05, 3.63) is 0 Å². The molecule has 1 saturated heterocycles. The monoisotopic (exact) mass is 344 g/mol. The molecule has 0 aromatic heterocycles. The molecule has 2 saturated carbocycles.